The summed E-state index contributed by atoms with van der Waals surface area (Å²) >= 11 is 0. The summed E-state index contributed by atoms with van der Waals surface area (Å²) in [7, 11) is -0.566. The van der Waals surface area contributed by atoms with Crippen molar-refractivity contribution in [3.63, 3.8) is 0 Å². The average Bonchev–Trinajstić information content (AvgIpc) is 2.28. The largest absolute Gasteiger partial charge is 0.337 e. The molecule has 1 atom stereocenters. The summed E-state index contributed by atoms with van der Waals surface area (Å²) in [5.41, 5.74) is 0. The van der Waals surface area contributed by atoms with Crippen LogP contribution in [0.15, 0.2) is 0 Å². The molecule has 0 bridgehead atoms. The monoisotopic (exact) mass is 278 g/mol. The Bertz CT molecular complexity index is 281. The number of hydrogen-bond donors (Lipinski definition) is 0. The van der Waals surface area contributed by atoms with Crippen molar-refractivity contribution < 1.29 is 18.4 Å². The molecule has 0 aliphatic heterocycles. The summed E-state index contributed by atoms with van der Waals surface area (Å²) in [4.78, 5) is 11.8. The van der Waals surface area contributed by atoms with Crippen LogP contribution in [-0.4, -0.2) is 26.2 Å². The number of ketones is 1. The summed E-state index contributed by atoms with van der Waals surface area (Å²) in [6.45, 7) is 6.45. The second-order valence-corrected chi connectivity index (χ2v) is 7.58. The van der Waals surface area contributed by atoms with E-state index >= 15 is 0 Å². The van der Waals surface area contributed by atoms with Gasteiger partial charge in [-0.1, -0.05) is 40.0 Å². The van der Waals surface area contributed by atoms with Crippen LogP contribution < -0.4 is 0 Å². The van der Waals surface area contributed by atoms with Crippen molar-refractivity contribution in [2.45, 2.75) is 46.5 Å². The Balaban J connectivity index is 3.97. The van der Waals surface area contributed by atoms with Crippen LogP contribution in [-0.2, 0) is 18.4 Å². The SMILES string of the molecule is COP(=O)(CC(=O)C[C@@H](C)CCCC(C)C)OC. The van der Waals surface area contributed by atoms with E-state index in [0.29, 0.717) is 18.3 Å². The number of carbonyl (C=O) groups excluding carboxylic acids is 1. The zero-order chi connectivity index (χ0) is 14.2. The maximum atomic E-state index is 11.8. The normalized spacial score (nSPS) is 13.9. The molecule has 0 aliphatic rings. The molecule has 0 heterocycles. The lowest BCUT2D eigenvalue weighted by Crippen LogP contribution is -2.12. The number of carbonyl (C=O) groups is 1. The molecule has 0 aromatic rings. The third kappa shape index (κ3) is 8.02. The fourth-order valence-electron chi connectivity index (χ4n) is 1.85. The van der Waals surface area contributed by atoms with E-state index in [9.17, 15) is 9.36 Å². The fraction of sp³-hybridized carbons (Fsp3) is 0.923. The molecule has 0 unspecified atom stereocenters. The maximum Gasteiger partial charge on any atom is 0.337 e. The summed E-state index contributed by atoms with van der Waals surface area (Å²) in [6, 6.07) is 0. The van der Waals surface area contributed by atoms with Crippen molar-refractivity contribution in [2.75, 3.05) is 20.4 Å². The van der Waals surface area contributed by atoms with Gasteiger partial charge in [-0.2, -0.15) is 0 Å². The van der Waals surface area contributed by atoms with Crippen LogP contribution in [0.3, 0.4) is 0 Å². The van der Waals surface area contributed by atoms with Crippen molar-refractivity contribution in [1.82, 2.24) is 0 Å². The van der Waals surface area contributed by atoms with Crippen LogP contribution >= 0.6 is 7.60 Å². The van der Waals surface area contributed by atoms with Gasteiger partial charge in [0.1, 0.15) is 11.9 Å². The third-order valence-electron chi connectivity index (χ3n) is 2.98. The van der Waals surface area contributed by atoms with E-state index in [2.05, 4.69) is 20.8 Å². The smallest absolute Gasteiger partial charge is 0.312 e. The molecule has 0 aromatic carbocycles. The summed E-state index contributed by atoms with van der Waals surface area (Å²) in [5, 5.41) is 0. The van der Waals surface area contributed by atoms with Crippen molar-refractivity contribution in [3.8, 4) is 0 Å². The van der Waals surface area contributed by atoms with Crippen molar-refractivity contribution in [1.29, 1.82) is 0 Å². The maximum absolute atomic E-state index is 11.8. The Morgan fingerprint density at radius 2 is 1.67 bits per heavy atom. The molecule has 0 aliphatic carbocycles. The summed E-state index contributed by atoms with van der Waals surface area (Å²) < 4.78 is 21.3. The van der Waals surface area contributed by atoms with Gasteiger partial charge in [0.05, 0.1) is 0 Å². The molecule has 108 valence electrons. The molecule has 5 heteroatoms. The molecule has 0 aromatic heterocycles. The minimum atomic E-state index is -3.18. The van der Waals surface area contributed by atoms with Crippen LogP contribution in [0.2, 0.25) is 0 Å². The molecule has 0 saturated carbocycles. The van der Waals surface area contributed by atoms with Gasteiger partial charge in [0.2, 0.25) is 0 Å². The van der Waals surface area contributed by atoms with Gasteiger partial charge >= 0.3 is 7.60 Å². The molecule has 0 spiro atoms. The zero-order valence-corrected chi connectivity index (χ0v) is 13.2. The highest BCUT2D eigenvalue weighted by Crippen LogP contribution is 2.46. The van der Waals surface area contributed by atoms with E-state index in [1.54, 1.807) is 0 Å². The Labute approximate surface area is 111 Å². The Kier molecular flexibility index (Phi) is 8.75. The van der Waals surface area contributed by atoms with Crippen LogP contribution in [0.25, 0.3) is 0 Å². The molecule has 0 fully saturated rings. The highest BCUT2D eigenvalue weighted by atomic mass is 31.2. The van der Waals surface area contributed by atoms with E-state index in [4.69, 9.17) is 9.05 Å². The summed E-state index contributed by atoms with van der Waals surface area (Å²) in [5.74, 6) is 0.993. The lowest BCUT2D eigenvalue weighted by atomic mass is 9.96. The molecular weight excluding hydrogens is 251 g/mol. The van der Waals surface area contributed by atoms with E-state index in [-0.39, 0.29) is 11.9 Å². The quantitative estimate of drug-likeness (QED) is 0.569. The van der Waals surface area contributed by atoms with Gasteiger partial charge < -0.3 is 9.05 Å². The van der Waals surface area contributed by atoms with Gasteiger partial charge in [-0.15, -0.1) is 0 Å². The van der Waals surface area contributed by atoms with E-state index in [1.807, 2.05) is 0 Å². The second kappa shape index (κ2) is 8.84. The van der Waals surface area contributed by atoms with Gasteiger partial charge in [0, 0.05) is 20.6 Å². The van der Waals surface area contributed by atoms with Crippen molar-refractivity contribution >= 4 is 13.4 Å². The van der Waals surface area contributed by atoms with Gasteiger partial charge in [-0.25, -0.2) is 0 Å². The zero-order valence-electron chi connectivity index (χ0n) is 12.3. The Morgan fingerprint density at radius 1 is 1.11 bits per heavy atom. The van der Waals surface area contributed by atoms with E-state index in [0.717, 1.165) is 12.8 Å². The first-order chi connectivity index (χ1) is 8.33. The first kappa shape index (κ1) is 17.8. The van der Waals surface area contributed by atoms with Gasteiger partial charge in [-0.3, -0.25) is 9.36 Å². The predicted octanol–water partition coefficient (Wildman–Crippen LogP) is 3.89. The fourth-order valence-corrected chi connectivity index (χ4v) is 2.82. The highest BCUT2D eigenvalue weighted by Gasteiger charge is 2.25. The van der Waals surface area contributed by atoms with Crippen LogP contribution in [0, 0.1) is 11.8 Å². The molecule has 0 N–H and O–H groups in total. The lowest BCUT2D eigenvalue weighted by Gasteiger charge is -2.15. The van der Waals surface area contributed by atoms with Crippen molar-refractivity contribution in [3.05, 3.63) is 0 Å². The Hall–Kier alpha value is -0.180. The highest BCUT2D eigenvalue weighted by molar-refractivity contribution is 7.54. The van der Waals surface area contributed by atoms with Crippen LogP contribution in [0.4, 0.5) is 0 Å². The predicted molar refractivity (Wildman–Crippen MR) is 74.0 cm³/mol. The van der Waals surface area contributed by atoms with Gasteiger partial charge in [0.15, 0.2) is 0 Å². The molecule has 0 radical (unpaired) electrons. The standard InChI is InChI=1S/C13H27O4P/c1-11(2)7-6-8-12(3)9-13(14)10-18(15,16-4)17-5/h11-12H,6-10H2,1-5H3/t12-/m0/s1. The first-order valence-corrected chi connectivity index (χ1v) is 8.28. The molecular formula is C13H27O4P. The topological polar surface area (TPSA) is 52.6 Å². The van der Waals surface area contributed by atoms with Crippen LogP contribution in [0.5, 0.6) is 0 Å². The van der Waals surface area contributed by atoms with Gasteiger partial charge in [0.25, 0.3) is 0 Å². The first-order valence-electron chi connectivity index (χ1n) is 6.55. The molecule has 4 nitrogen and oxygen atoms in total. The molecule has 0 saturated heterocycles. The van der Waals surface area contributed by atoms with E-state index in [1.165, 1.54) is 20.6 Å². The summed E-state index contributed by atoms with van der Waals surface area (Å²) in [6.07, 6.45) is 3.70. The molecule has 0 rings (SSSR count). The Morgan fingerprint density at radius 3 is 2.11 bits per heavy atom. The second-order valence-electron chi connectivity index (χ2n) is 5.31. The number of hydrogen-bond acceptors (Lipinski definition) is 4. The minimum Gasteiger partial charge on any atom is -0.312 e. The van der Waals surface area contributed by atoms with Crippen molar-refractivity contribution in [2.24, 2.45) is 11.8 Å². The van der Waals surface area contributed by atoms with Gasteiger partial charge in [-0.05, 0) is 11.8 Å². The average molecular weight is 278 g/mol. The number of rotatable bonds is 10. The number of Topliss-reactive ketones (excluding diaryl/α,β-unsaturated/α-hetero) is 1. The molecule has 0 amide bonds. The third-order valence-corrected chi connectivity index (χ3v) is 4.83. The minimum absolute atomic E-state index is 0.0425. The van der Waals surface area contributed by atoms with Crippen LogP contribution in [0.1, 0.15) is 46.5 Å². The molecule has 18 heavy (non-hydrogen) atoms. The van der Waals surface area contributed by atoms with E-state index < -0.39 is 7.60 Å². The lowest BCUT2D eigenvalue weighted by molar-refractivity contribution is -0.117.